The predicted octanol–water partition coefficient (Wildman–Crippen LogP) is 4.88. The number of hydrogen-bond donors (Lipinski definition) is 1. The van der Waals surface area contributed by atoms with Crippen LogP contribution in [-0.4, -0.2) is 58.3 Å². The van der Waals surface area contributed by atoms with Gasteiger partial charge in [-0.15, -0.1) is 0 Å². The molecule has 3 aromatic rings. The number of piperidine rings is 1. The smallest absolute Gasteiger partial charge is 0.250 e. The van der Waals surface area contributed by atoms with Gasteiger partial charge < -0.3 is 24.2 Å². The number of carbonyl (C=O) groups excluding carboxylic acids is 1. The van der Waals surface area contributed by atoms with E-state index in [1.165, 1.54) is 24.1 Å². The number of carbonyl (C=O) groups is 1. The summed E-state index contributed by atoms with van der Waals surface area (Å²) in [5.74, 6) is 0.816. The van der Waals surface area contributed by atoms with Gasteiger partial charge in [-0.2, -0.15) is 0 Å². The zero-order valence-electron chi connectivity index (χ0n) is 21.3. The molecule has 0 bridgehead atoms. The molecule has 1 amide bonds. The highest BCUT2D eigenvalue weighted by atomic mass is 16.5. The van der Waals surface area contributed by atoms with Crippen molar-refractivity contribution in [1.29, 1.82) is 0 Å². The Morgan fingerprint density at radius 1 is 1.08 bits per heavy atom. The molecular formula is C30H34N4O3. The van der Waals surface area contributed by atoms with Crippen molar-refractivity contribution in [1.82, 2.24) is 14.5 Å². The Labute approximate surface area is 218 Å². The van der Waals surface area contributed by atoms with Crippen LogP contribution >= 0.6 is 0 Å². The lowest BCUT2D eigenvalue weighted by Gasteiger charge is -2.37. The van der Waals surface area contributed by atoms with Crippen LogP contribution in [0.5, 0.6) is 5.75 Å². The minimum absolute atomic E-state index is 0.120. The van der Waals surface area contributed by atoms with Crippen LogP contribution in [0.2, 0.25) is 0 Å². The van der Waals surface area contributed by atoms with E-state index in [4.69, 9.17) is 4.74 Å². The van der Waals surface area contributed by atoms with Crippen molar-refractivity contribution >= 4 is 17.7 Å². The van der Waals surface area contributed by atoms with E-state index in [1.807, 2.05) is 31.3 Å². The summed E-state index contributed by atoms with van der Waals surface area (Å²) in [4.78, 5) is 22.4. The summed E-state index contributed by atoms with van der Waals surface area (Å²) >= 11 is 0. The number of imidazole rings is 1. The maximum absolute atomic E-state index is 13.7. The van der Waals surface area contributed by atoms with Gasteiger partial charge in [-0.3, -0.25) is 4.79 Å². The van der Waals surface area contributed by atoms with Gasteiger partial charge in [-0.05, 0) is 80.0 Å². The minimum Gasteiger partial charge on any atom is -0.506 e. The summed E-state index contributed by atoms with van der Waals surface area (Å²) in [6.07, 6.45) is 9.56. The number of phenols is 1. The Bertz CT molecular complexity index is 1300. The first-order valence-electron chi connectivity index (χ1n) is 13.3. The van der Waals surface area contributed by atoms with Crippen molar-refractivity contribution in [3.8, 4) is 11.4 Å². The molecular weight excluding hydrogens is 464 g/mol. The van der Waals surface area contributed by atoms with Gasteiger partial charge in [0.1, 0.15) is 5.75 Å². The molecule has 2 aliphatic heterocycles. The summed E-state index contributed by atoms with van der Waals surface area (Å²) in [6.45, 7) is 6.08. The number of likely N-dealkylation sites (tertiary alicyclic amines) is 1. The molecule has 1 saturated carbocycles. The Morgan fingerprint density at radius 3 is 2.54 bits per heavy atom. The van der Waals surface area contributed by atoms with Gasteiger partial charge in [0.2, 0.25) is 5.91 Å². The van der Waals surface area contributed by atoms with Crippen LogP contribution < -0.4 is 4.90 Å². The van der Waals surface area contributed by atoms with Crippen LogP contribution in [0, 0.1) is 12.8 Å². The third-order valence-electron chi connectivity index (χ3n) is 7.73. The number of aromatic hydroxyl groups is 1. The highest BCUT2D eigenvalue weighted by molar-refractivity contribution is 5.99. The second-order valence-corrected chi connectivity index (χ2v) is 10.4. The number of hydrogen-bond acceptors (Lipinski definition) is 5. The fraction of sp³-hybridized carbons (Fsp3) is 0.400. The van der Waals surface area contributed by atoms with Crippen LogP contribution in [0.4, 0.5) is 5.69 Å². The fourth-order valence-corrected chi connectivity index (χ4v) is 5.66. The van der Waals surface area contributed by atoms with Crippen LogP contribution in [0.15, 0.2) is 60.6 Å². The SMILES string of the molecule is Cc1cn(-c2ccc(/C=C3\CCCN([C@@H](c4ccc(N5CCOCC5)cc4)C4CC4)C3=O)cc2O)cn1. The molecule has 37 heavy (non-hydrogen) atoms. The molecule has 3 fully saturated rings. The number of amides is 1. The molecule has 0 spiro atoms. The Morgan fingerprint density at radius 2 is 1.86 bits per heavy atom. The lowest BCUT2D eigenvalue weighted by atomic mass is 9.94. The van der Waals surface area contributed by atoms with E-state index in [-0.39, 0.29) is 17.7 Å². The maximum Gasteiger partial charge on any atom is 0.250 e. The molecule has 1 aromatic heterocycles. The van der Waals surface area contributed by atoms with Crippen molar-refractivity contribution in [2.45, 2.75) is 38.6 Å². The molecule has 3 heterocycles. The molecule has 6 rings (SSSR count). The molecule has 192 valence electrons. The van der Waals surface area contributed by atoms with Crippen molar-refractivity contribution in [3.05, 3.63) is 77.4 Å². The summed E-state index contributed by atoms with van der Waals surface area (Å²) in [5.41, 5.74) is 5.66. The van der Waals surface area contributed by atoms with Crippen molar-refractivity contribution in [2.24, 2.45) is 5.92 Å². The van der Waals surface area contributed by atoms with E-state index in [0.717, 1.165) is 62.5 Å². The summed E-state index contributed by atoms with van der Waals surface area (Å²) in [7, 11) is 0. The van der Waals surface area contributed by atoms with E-state index in [0.29, 0.717) is 11.6 Å². The Kier molecular flexibility index (Phi) is 6.47. The second kappa shape index (κ2) is 10.1. The number of aromatic nitrogens is 2. The molecule has 2 aromatic carbocycles. The number of phenolic OH excluding ortho intramolecular Hbond substituents is 1. The molecule has 1 atom stereocenters. The van der Waals surface area contributed by atoms with E-state index in [2.05, 4.69) is 39.0 Å². The monoisotopic (exact) mass is 498 g/mol. The van der Waals surface area contributed by atoms with Crippen LogP contribution in [-0.2, 0) is 9.53 Å². The second-order valence-electron chi connectivity index (χ2n) is 10.4. The molecule has 7 nitrogen and oxygen atoms in total. The molecule has 1 N–H and O–H groups in total. The van der Waals surface area contributed by atoms with Gasteiger partial charge in [0.15, 0.2) is 0 Å². The summed E-state index contributed by atoms with van der Waals surface area (Å²) in [6, 6.07) is 14.5. The number of anilines is 1. The number of benzene rings is 2. The first-order valence-corrected chi connectivity index (χ1v) is 13.3. The Hall–Kier alpha value is -3.58. The standard InChI is InChI=1S/C30H34N4O3/c1-21-19-33(20-31-21)27-11-4-22(18-28(27)35)17-25-3-2-12-34(30(25)36)29(23-5-6-23)24-7-9-26(10-8-24)32-13-15-37-16-14-32/h4,7-11,17-20,23,29,35H,2-3,5-6,12-16H2,1H3/b25-17+/t29-/m1/s1. The molecule has 7 heteroatoms. The third-order valence-corrected chi connectivity index (χ3v) is 7.73. The zero-order chi connectivity index (χ0) is 25.4. The van der Waals surface area contributed by atoms with Gasteiger partial charge >= 0.3 is 0 Å². The van der Waals surface area contributed by atoms with Gasteiger partial charge in [-0.25, -0.2) is 4.98 Å². The fourth-order valence-electron chi connectivity index (χ4n) is 5.66. The van der Waals surface area contributed by atoms with Crippen LogP contribution in [0.3, 0.4) is 0 Å². The Balaban J connectivity index is 1.22. The average molecular weight is 499 g/mol. The lowest BCUT2D eigenvalue weighted by Crippen LogP contribution is -2.40. The number of ether oxygens (including phenoxy) is 1. The summed E-state index contributed by atoms with van der Waals surface area (Å²) in [5, 5.41) is 10.7. The first-order chi connectivity index (χ1) is 18.1. The average Bonchev–Trinajstić information content (AvgIpc) is 3.66. The molecule has 2 saturated heterocycles. The van der Waals surface area contributed by atoms with E-state index < -0.39 is 0 Å². The first kappa shape index (κ1) is 23.8. The zero-order valence-corrected chi connectivity index (χ0v) is 21.3. The van der Waals surface area contributed by atoms with E-state index >= 15 is 0 Å². The van der Waals surface area contributed by atoms with Gasteiger partial charge in [0.05, 0.1) is 37.0 Å². The third kappa shape index (κ3) is 5.01. The normalized spacial score (nSPS) is 20.5. The topological polar surface area (TPSA) is 70.8 Å². The van der Waals surface area contributed by atoms with Gasteiger partial charge in [-0.1, -0.05) is 18.2 Å². The maximum atomic E-state index is 13.7. The quantitative estimate of drug-likeness (QED) is 0.491. The number of morpholine rings is 1. The molecule has 1 aliphatic carbocycles. The van der Waals surface area contributed by atoms with E-state index in [9.17, 15) is 9.90 Å². The van der Waals surface area contributed by atoms with E-state index in [1.54, 1.807) is 17.0 Å². The number of nitrogens with zero attached hydrogens (tertiary/aromatic N) is 4. The highest BCUT2D eigenvalue weighted by Gasteiger charge is 2.40. The highest BCUT2D eigenvalue weighted by Crippen LogP contribution is 2.46. The molecule has 3 aliphatic rings. The minimum atomic E-state index is 0.120. The van der Waals surface area contributed by atoms with Gasteiger partial charge in [0.25, 0.3) is 0 Å². The number of aryl methyl sites for hydroxylation is 1. The number of rotatable bonds is 6. The predicted molar refractivity (Wildman–Crippen MR) is 144 cm³/mol. The molecule has 0 radical (unpaired) electrons. The van der Waals surface area contributed by atoms with Crippen molar-refractivity contribution in [3.63, 3.8) is 0 Å². The van der Waals surface area contributed by atoms with Crippen LogP contribution in [0.25, 0.3) is 11.8 Å². The molecule has 0 unspecified atom stereocenters. The lowest BCUT2D eigenvalue weighted by molar-refractivity contribution is -0.131. The largest absolute Gasteiger partial charge is 0.506 e. The van der Waals surface area contributed by atoms with Gasteiger partial charge in [0, 0.05) is 37.1 Å². The summed E-state index contributed by atoms with van der Waals surface area (Å²) < 4.78 is 7.30. The van der Waals surface area contributed by atoms with Crippen molar-refractivity contribution in [2.75, 3.05) is 37.7 Å². The van der Waals surface area contributed by atoms with Crippen LogP contribution in [0.1, 0.15) is 48.5 Å². The van der Waals surface area contributed by atoms with Crippen molar-refractivity contribution < 1.29 is 14.6 Å².